The highest BCUT2D eigenvalue weighted by molar-refractivity contribution is 6.30. The summed E-state index contributed by atoms with van der Waals surface area (Å²) in [6, 6.07) is 12.6. The molecule has 2 aromatic carbocycles. The first kappa shape index (κ1) is 16.6. The van der Waals surface area contributed by atoms with Crippen LogP contribution in [-0.4, -0.2) is 17.7 Å². The van der Waals surface area contributed by atoms with Crippen molar-refractivity contribution in [3.63, 3.8) is 0 Å². The molecule has 3 rings (SSSR count). The zero-order chi connectivity index (χ0) is 14.8. The molecule has 2 aromatic rings. The highest BCUT2D eigenvalue weighted by atomic mass is 35.5. The maximum Gasteiger partial charge on any atom is 0.335 e. The summed E-state index contributed by atoms with van der Waals surface area (Å²) in [6.07, 6.45) is 0. The van der Waals surface area contributed by atoms with E-state index in [1.165, 1.54) is 0 Å². The zero-order valence-electron chi connectivity index (χ0n) is 11.6. The molecule has 1 aliphatic heterocycles. The molecule has 0 amide bonds. The number of carboxylic acids is 1. The number of carboxylic acid groups (broad SMARTS) is 1. The highest BCUT2D eigenvalue weighted by Gasteiger charge is 2.19. The van der Waals surface area contributed by atoms with Crippen LogP contribution in [0, 0.1) is 0 Å². The van der Waals surface area contributed by atoms with Gasteiger partial charge in [0.1, 0.15) is 12.4 Å². The van der Waals surface area contributed by atoms with Crippen LogP contribution in [0.5, 0.6) is 5.75 Å². The number of hydrogen-bond donors (Lipinski definition) is 2. The minimum Gasteiger partial charge on any atom is -0.491 e. The second-order valence-electron chi connectivity index (χ2n) is 4.93. The molecule has 0 saturated heterocycles. The molecule has 0 saturated carbocycles. The van der Waals surface area contributed by atoms with Gasteiger partial charge in [0.2, 0.25) is 0 Å². The quantitative estimate of drug-likeness (QED) is 0.876. The lowest BCUT2D eigenvalue weighted by molar-refractivity contribution is 0.0696. The molecule has 0 radical (unpaired) electrons. The zero-order valence-corrected chi connectivity index (χ0v) is 13.2. The summed E-state index contributed by atoms with van der Waals surface area (Å²) in [4.78, 5) is 11.0. The standard InChI is InChI=1S/C16H14ClNO3.ClH/c17-13-3-1-2-10(6-13)14-9-21-15-7-11(16(19)20)4-5-12(15)8-18-14;/h1-7,14,18H,8-9H2,(H,19,20);1H. The number of benzene rings is 2. The molecule has 116 valence electrons. The average molecular weight is 340 g/mol. The van der Waals surface area contributed by atoms with Crippen molar-refractivity contribution in [1.29, 1.82) is 0 Å². The molecule has 1 heterocycles. The van der Waals surface area contributed by atoms with Crippen LogP contribution < -0.4 is 10.1 Å². The van der Waals surface area contributed by atoms with Crippen LogP contribution in [-0.2, 0) is 6.54 Å². The first-order valence-electron chi connectivity index (χ1n) is 6.61. The van der Waals surface area contributed by atoms with Crippen molar-refractivity contribution < 1.29 is 14.6 Å². The molecular weight excluding hydrogens is 325 g/mol. The van der Waals surface area contributed by atoms with Crippen LogP contribution in [0.3, 0.4) is 0 Å². The van der Waals surface area contributed by atoms with Gasteiger partial charge in [-0.2, -0.15) is 0 Å². The van der Waals surface area contributed by atoms with E-state index in [1.54, 1.807) is 18.2 Å². The molecule has 4 nitrogen and oxygen atoms in total. The smallest absolute Gasteiger partial charge is 0.335 e. The summed E-state index contributed by atoms with van der Waals surface area (Å²) >= 11 is 6.02. The average Bonchev–Trinajstić information content (AvgIpc) is 2.69. The Morgan fingerprint density at radius 2 is 2.09 bits per heavy atom. The first-order chi connectivity index (χ1) is 10.1. The van der Waals surface area contributed by atoms with E-state index in [1.807, 2.05) is 24.3 Å². The Morgan fingerprint density at radius 1 is 1.27 bits per heavy atom. The lowest BCUT2D eigenvalue weighted by Gasteiger charge is -2.16. The third-order valence-corrected chi connectivity index (χ3v) is 3.74. The second-order valence-corrected chi connectivity index (χ2v) is 5.36. The molecular formula is C16H15Cl2NO3. The Morgan fingerprint density at radius 3 is 2.82 bits per heavy atom. The Balaban J connectivity index is 0.00000176. The molecule has 0 aliphatic carbocycles. The molecule has 1 aliphatic rings. The number of carbonyl (C=O) groups is 1. The maximum atomic E-state index is 11.0. The van der Waals surface area contributed by atoms with Gasteiger partial charge in [0.15, 0.2) is 0 Å². The number of aromatic carboxylic acids is 1. The fraction of sp³-hybridized carbons (Fsp3) is 0.188. The van der Waals surface area contributed by atoms with Gasteiger partial charge in [0.25, 0.3) is 0 Å². The van der Waals surface area contributed by atoms with Crippen molar-refractivity contribution in [2.75, 3.05) is 6.61 Å². The van der Waals surface area contributed by atoms with E-state index in [9.17, 15) is 4.79 Å². The molecule has 0 bridgehead atoms. The lowest BCUT2D eigenvalue weighted by Crippen LogP contribution is -2.23. The second kappa shape index (κ2) is 7.01. The SMILES string of the molecule is Cl.O=C(O)c1ccc2c(c1)OCC(c1cccc(Cl)c1)NC2. The molecule has 2 N–H and O–H groups in total. The lowest BCUT2D eigenvalue weighted by atomic mass is 10.1. The Bertz CT molecular complexity index is 691. The number of fused-ring (bicyclic) bond motifs is 1. The normalized spacial score (nSPS) is 16.7. The molecule has 0 fully saturated rings. The van der Waals surface area contributed by atoms with Crippen LogP contribution in [0.15, 0.2) is 42.5 Å². The number of nitrogens with one attached hydrogen (secondary N) is 1. The van der Waals surface area contributed by atoms with Gasteiger partial charge in [-0.15, -0.1) is 12.4 Å². The van der Waals surface area contributed by atoms with Gasteiger partial charge < -0.3 is 15.2 Å². The fourth-order valence-electron chi connectivity index (χ4n) is 2.37. The van der Waals surface area contributed by atoms with Crippen molar-refractivity contribution in [3.8, 4) is 5.75 Å². The van der Waals surface area contributed by atoms with E-state index in [2.05, 4.69) is 5.32 Å². The van der Waals surface area contributed by atoms with E-state index >= 15 is 0 Å². The summed E-state index contributed by atoms with van der Waals surface area (Å²) < 4.78 is 5.78. The summed E-state index contributed by atoms with van der Waals surface area (Å²) in [7, 11) is 0. The first-order valence-corrected chi connectivity index (χ1v) is 6.99. The van der Waals surface area contributed by atoms with Crippen LogP contribution in [0.2, 0.25) is 5.02 Å². The van der Waals surface area contributed by atoms with E-state index in [4.69, 9.17) is 21.4 Å². The molecule has 22 heavy (non-hydrogen) atoms. The maximum absolute atomic E-state index is 11.0. The van der Waals surface area contributed by atoms with Gasteiger partial charge in [0, 0.05) is 17.1 Å². The van der Waals surface area contributed by atoms with Crippen molar-refractivity contribution in [3.05, 3.63) is 64.2 Å². The van der Waals surface area contributed by atoms with Crippen LogP contribution in [0.25, 0.3) is 0 Å². The van der Waals surface area contributed by atoms with Crippen molar-refractivity contribution >= 4 is 30.0 Å². The van der Waals surface area contributed by atoms with Crippen molar-refractivity contribution in [2.45, 2.75) is 12.6 Å². The molecule has 0 spiro atoms. The van der Waals surface area contributed by atoms with Gasteiger partial charge in [-0.1, -0.05) is 29.8 Å². The van der Waals surface area contributed by atoms with Crippen molar-refractivity contribution in [2.24, 2.45) is 0 Å². The summed E-state index contributed by atoms with van der Waals surface area (Å²) in [6.45, 7) is 1.04. The van der Waals surface area contributed by atoms with E-state index in [0.717, 1.165) is 11.1 Å². The summed E-state index contributed by atoms with van der Waals surface area (Å²) in [5.74, 6) is -0.336. The number of halogens is 2. The Hall–Kier alpha value is -1.75. The van der Waals surface area contributed by atoms with Gasteiger partial charge in [-0.25, -0.2) is 4.79 Å². The number of hydrogen-bond acceptors (Lipinski definition) is 3. The van der Waals surface area contributed by atoms with E-state index < -0.39 is 5.97 Å². The summed E-state index contributed by atoms with van der Waals surface area (Å²) in [5.41, 5.74) is 2.23. The highest BCUT2D eigenvalue weighted by Crippen LogP contribution is 2.27. The van der Waals surface area contributed by atoms with Gasteiger partial charge in [-0.3, -0.25) is 0 Å². The molecule has 1 unspecified atom stereocenters. The topological polar surface area (TPSA) is 58.6 Å². The predicted molar refractivity (Wildman–Crippen MR) is 87.2 cm³/mol. The largest absolute Gasteiger partial charge is 0.491 e. The monoisotopic (exact) mass is 339 g/mol. The fourth-order valence-corrected chi connectivity index (χ4v) is 2.57. The Kier molecular flexibility index (Phi) is 5.29. The van der Waals surface area contributed by atoms with Gasteiger partial charge in [-0.05, 0) is 29.8 Å². The van der Waals surface area contributed by atoms with Gasteiger partial charge >= 0.3 is 5.97 Å². The minimum atomic E-state index is -0.954. The van der Waals surface area contributed by atoms with E-state index in [-0.39, 0.29) is 24.0 Å². The number of rotatable bonds is 2. The molecule has 1 atom stereocenters. The Labute approximate surface area is 139 Å². The third-order valence-electron chi connectivity index (χ3n) is 3.51. The number of ether oxygens (including phenoxy) is 1. The third kappa shape index (κ3) is 3.53. The van der Waals surface area contributed by atoms with Crippen LogP contribution >= 0.6 is 24.0 Å². The van der Waals surface area contributed by atoms with E-state index in [0.29, 0.717) is 23.9 Å². The van der Waals surface area contributed by atoms with Crippen LogP contribution in [0.1, 0.15) is 27.5 Å². The van der Waals surface area contributed by atoms with Crippen LogP contribution in [0.4, 0.5) is 0 Å². The molecule has 6 heteroatoms. The van der Waals surface area contributed by atoms with Crippen molar-refractivity contribution in [1.82, 2.24) is 5.32 Å². The predicted octanol–water partition coefficient (Wildman–Crippen LogP) is 3.68. The van der Waals surface area contributed by atoms with Gasteiger partial charge in [0.05, 0.1) is 11.6 Å². The summed E-state index contributed by atoms with van der Waals surface area (Å²) in [5, 5.41) is 13.1. The minimum absolute atomic E-state index is 0. The molecule has 0 aromatic heterocycles.